The molecule has 0 atom stereocenters. The van der Waals surface area contributed by atoms with Crippen LogP contribution in [0.1, 0.15) is 145 Å². The second kappa shape index (κ2) is 24.9. The van der Waals surface area contributed by atoms with Crippen molar-refractivity contribution < 1.29 is 18.9 Å². The van der Waals surface area contributed by atoms with Crippen molar-refractivity contribution in [3.63, 3.8) is 0 Å². The van der Waals surface area contributed by atoms with Crippen LogP contribution in [0, 0.1) is 0 Å². The first-order valence-corrected chi connectivity index (χ1v) is 34.7. The van der Waals surface area contributed by atoms with Crippen molar-refractivity contribution in [2.24, 2.45) is 0 Å². The number of ether oxygens (including phenoxy) is 4. The van der Waals surface area contributed by atoms with Crippen molar-refractivity contribution >= 4 is 88.6 Å². The smallest absolute Gasteiger partial charge is 0.126 e. The van der Waals surface area contributed by atoms with Crippen LogP contribution in [0.5, 0.6) is 23.0 Å². The van der Waals surface area contributed by atoms with Crippen LogP contribution in [0.3, 0.4) is 0 Å². The normalized spacial score (nSPS) is 14.7. The molecule has 8 bridgehead atoms. The van der Waals surface area contributed by atoms with Gasteiger partial charge in [0, 0.05) is 92.7 Å². The SMILES string of the molecule is CCCOc1c2cc(C3Nc4cccc5cccc(c45)N3)cc1Cc1cc(C3Nc4cccc5cccc(c45)N3)cc(c1OCCC)Cc1cc(C3Nc4cccc5cccc(c45)N3)cc(c1OCCC)Cc1cc(C3Nc4cccc5cccc(c45)N3)cc(c1OCCC)C2. The first-order valence-electron chi connectivity index (χ1n) is 34.7. The molecule has 12 heteroatoms. The molecule has 0 spiro atoms. The lowest BCUT2D eigenvalue weighted by Crippen LogP contribution is -2.25. The highest BCUT2D eigenvalue weighted by molar-refractivity contribution is 6.08. The lowest BCUT2D eigenvalue weighted by molar-refractivity contribution is 0.304. The lowest BCUT2D eigenvalue weighted by Gasteiger charge is -2.32. The first kappa shape index (κ1) is 59.1. The minimum absolute atomic E-state index is 0.281. The van der Waals surface area contributed by atoms with Gasteiger partial charge in [-0.3, -0.25) is 0 Å². The van der Waals surface area contributed by atoms with Crippen molar-refractivity contribution in [2.45, 2.75) is 104 Å². The van der Waals surface area contributed by atoms with Crippen LogP contribution in [0.2, 0.25) is 0 Å². The minimum Gasteiger partial charge on any atom is -0.493 e. The summed E-state index contributed by atoms with van der Waals surface area (Å²) in [6.45, 7) is 10.9. The van der Waals surface area contributed by atoms with E-state index in [1.165, 1.54) is 43.1 Å². The summed E-state index contributed by atoms with van der Waals surface area (Å²) in [6.07, 6.45) is 4.24. The monoisotopic (exact) mass is 1260 g/mol. The maximum atomic E-state index is 7.33. The Morgan fingerprint density at radius 1 is 0.250 bits per heavy atom. The van der Waals surface area contributed by atoms with Crippen LogP contribution in [0.4, 0.5) is 45.5 Å². The van der Waals surface area contributed by atoms with E-state index in [1.807, 2.05) is 0 Å². The Morgan fingerprint density at radius 2 is 0.417 bits per heavy atom. The van der Waals surface area contributed by atoms with Gasteiger partial charge in [0.2, 0.25) is 0 Å². The van der Waals surface area contributed by atoms with Crippen molar-refractivity contribution in [3.05, 3.63) is 261 Å². The molecule has 8 N–H and O–H groups in total. The molecule has 4 heterocycles. The maximum absolute atomic E-state index is 7.33. The van der Waals surface area contributed by atoms with E-state index >= 15 is 0 Å². The van der Waals surface area contributed by atoms with Gasteiger partial charge in [-0.25, -0.2) is 0 Å². The predicted molar refractivity (Wildman–Crippen MR) is 396 cm³/mol. The highest BCUT2D eigenvalue weighted by atomic mass is 16.5. The number of rotatable bonds is 16. The molecule has 12 aromatic rings. The molecule has 480 valence electrons. The quantitative estimate of drug-likeness (QED) is 0.0468. The van der Waals surface area contributed by atoms with E-state index in [9.17, 15) is 0 Å². The van der Waals surface area contributed by atoms with Gasteiger partial charge in [-0.1, -0.05) is 125 Å². The Morgan fingerprint density at radius 3 is 0.573 bits per heavy atom. The highest BCUT2D eigenvalue weighted by Crippen LogP contribution is 2.49. The van der Waals surface area contributed by atoms with Gasteiger partial charge in [0.15, 0.2) is 0 Å². The second-order valence-electron chi connectivity index (χ2n) is 26.5. The van der Waals surface area contributed by atoms with E-state index in [2.05, 4.69) is 264 Å². The largest absolute Gasteiger partial charge is 0.493 e. The zero-order valence-electron chi connectivity index (χ0n) is 54.9. The van der Waals surface area contributed by atoms with Gasteiger partial charge < -0.3 is 61.5 Å². The van der Waals surface area contributed by atoms with Crippen LogP contribution >= 0.6 is 0 Å². The van der Waals surface area contributed by atoms with Crippen LogP contribution < -0.4 is 61.5 Å². The molecule has 0 saturated heterocycles. The van der Waals surface area contributed by atoms with Gasteiger partial charge in [0.1, 0.15) is 47.7 Å². The van der Waals surface area contributed by atoms with Crippen LogP contribution in [-0.4, -0.2) is 26.4 Å². The highest BCUT2D eigenvalue weighted by Gasteiger charge is 2.32. The molecule has 12 nitrogen and oxygen atoms in total. The molecule has 1 aliphatic carbocycles. The second-order valence-corrected chi connectivity index (χ2v) is 26.5. The minimum atomic E-state index is -0.281. The molecule has 0 saturated carbocycles. The Hall–Kier alpha value is -10.7. The van der Waals surface area contributed by atoms with Gasteiger partial charge in [0.05, 0.1) is 26.4 Å². The molecular formula is C84H80N8O4. The van der Waals surface area contributed by atoms with E-state index in [0.717, 1.165) is 161 Å². The fourth-order valence-corrected chi connectivity index (χ4v) is 15.6. The summed E-state index contributed by atoms with van der Waals surface area (Å²) in [4.78, 5) is 0. The number of hydrogen-bond acceptors (Lipinski definition) is 12. The van der Waals surface area contributed by atoms with Crippen LogP contribution in [0.25, 0.3) is 43.1 Å². The van der Waals surface area contributed by atoms with Gasteiger partial charge >= 0.3 is 0 Å². The Balaban J connectivity index is 0.919. The predicted octanol–water partition coefficient (Wildman–Crippen LogP) is 20.3. The van der Waals surface area contributed by atoms with Gasteiger partial charge in [-0.2, -0.15) is 0 Å². The summed E-state index contributed by atoms with van der Waals surface area (Å²) >= 11 is 0. The third-order valence-corrected chi connectivity index (χ3v) is 19.7. The van der Waals surface area contributed by atoms with Crippen LogP contribution in [0.15, 0.2) is 194 Å². The fourth-order valence-electron chi connectivity index (χ4n) is 15.6. The van der Waals surface area contributed by atoms with Crippen molar-refractivity contribution in [2.75, 3.05) is 69.0 Å². The van der Waals surface area contributed by atoms with Gasteiger partial charge in [-0.05, 0) is 211 Å². The molecule has 17 rings (SSSR count). The van der Waals surface area contributed by atoms with Gasteiger partial charge in [-0.15, -0.1) is 0 Å². The lowest BCUT2D eigenvalue weighted by atomic mass is 9.87. The summed E-state index contributed by atoms with van der Waals surface area (Å²) < 4.78 is 29.3. The summed E-state index contributed by atoms with van der Waals surface area (Å²) in [5.74, 6) is 3.52. The molecule has 0 radical (unpaired) electrons. The van der Waals surface area contributed by atoms with E-state index in [4.69, 9.17) is 18.9 Å². The zero-order valence-corrected chi connectivity index (χ0v) is 54.9. The summed E-state index contributed by atoms with van der Waals surface area (Å²) in [6, 6.07) is 71.5. The average molecular weight is 1270 g/mol. The Bertz CT molecular complexity index is 4160. The third kappa shape index (κ3) is 10.7. The van der Waals surface area contributed by atoms with E-state index < -0.39 is 0 Å². The van der Waals surface area contributed by atoms with E-state index in [-0.39, 0.29) is 24.7 Å². The molecule has 4 aliphatic heterocycles. The number of benzene rings is 12. The topological polar surface area (TPSA) is 133 Å². The standard InChI is InChI=1S/C84H80N8O4/c1-5-33-93-77-53-37-55-43-62(82-87-67-27-11-19-50-20-12-28-68(88-82)74(50)67)45-57(78(55)94-34-6-2)39-59-47-64(84-91-71-31-15-23-52-24-16-32-72(92-84)76(52)71)48-60(80(59)96-36-8-4)40-58-46-63(83-89-69-29-13-21-51-22-14-30-70(90-83)75(51)69)44-56(79(58)95-35-7-3)38-54(77)42-61(41-53)81-85-65-25-9-17-49-18-10-26-66(86-81)73(49)65/h9-32,41-48,81-92H,5-8,33-40H2,1-4H3. The molecule has 5 aliphatic rings. The Labute approximate surface area is 561 Å². The van der Waals surface area contributed by atoms with E-state index in [1.54, 1.807) is 0 Å². The zero-order chi connectivity index (χ0) is 64.4. The number of hydrogen-bond donors (Lipinski definition) is 8. The molecular weight excluding hydrogens is 1180 g/mol. The third-order valence-electron chi connectivity index (χ3n) is 19.7. The molecule has 0 unspecified atom stereocenters. The summed E-state index contributed by atoms with van der Waals surface area (Å²) in [7, 11) is 0. The van der Waals surface area contributed by atoms with Crippen molar-refractivity contribution in [3.8, 4) is 23.0 Å². The summed E-state index contributed by atoms with van der Waals surface area (Å²) in [5.41, 5.74) is 21.7. The molecule has 12 aromatic carbocycles. The molecule has 0 amide bonds. The Kier molecular flexibility index (Phi) is 15.3. The maximum Gasteiger partial charge on any atom is 0.126 e. The van der Waals surface area contributed by atoms with Crippen molar-refractivity contribution in [1.82, 2.24) is 0 Å². The number of nitrogens with one attached hydrogen (secondary N) is 8. The van der Waals surface area contributed by atoms with E-state index in [0.29, 0.717) is 52.1 Å². The molecule has 0 aromatic heterocycles. The number of fused-ring (bicyclic) bond motifs is 8. The van der Waals surface area contributed by atoms with Crippen LogP contribution in [-0.2, 0) is 25.7 Å². The molecule has 0 fully saturated rings. The van der Waals surface area contributed by atoms with Crippen molar-refractivity contribution in [1.29, 1.82) is 0 Å². The molecule has 96 heavy (non-hydrogen) atoms. The fraction of sp³-hybridized carbons (Fsp3) is 0.238. The average Bonchev–Trinajstić information content (AvgIpc) is 0.775. The summed E-state index contributed by atoms with van der Waals surface area (Å²) in [5, 5.41) is 41.5. The number of anilines is 8. The first-order chi connectivity index (χ1) is 47.3. The van der Waals surface area contributed by atoms with Gasteiger partial charge in [0.25, 0.3) is 0 Å².